The van der Waals surface area contributed by atoms with E-state index >= 15 is 0 Å². The van der Waals surface area contributed by atoms with Crippen molar-refractivity contribution >= 4 is 27.4 Å². The van der Waals surface area contributed by atoms with Crippen LogP contribution in [0.4, 0.5) is 0 Å². The Morgan fingerprint density at radius 2 is 1.62 bits per heavy atom. The van der Waals surface area contributed by atoms with Crippen molar-refractivity contribution in [3.8, 4) is 5.75 Å². The number of carbonyl (C=O) groups excluding carboxylic acids is 1. The minimum absolute atomic E-state index is 0.209. The average Bonchev–Trinajstić information content (AvgIpc) is 3.00. The zero-order valence-electron chi connectivity index (χ0n) is 15.9. The molecule has 1 amide bonds. The molecule has 0 fully saturated rings. The summed E-state index contributed by atoms with van der Waals surface area (Å²) in [5.74, 6) is 0.145. The van der Waals surface area contributed by atoms with Gasteiger partial charge in [0.2, 0.25) is 0 Å². The lowest BCUT2D eigenvalue weighted by Crippen LogP contribution is -2.29. The number of ether oxygens (including phenoxy) is 1. The molecule has 1 heterocycles. The molecule has 1 aliphatic rings. The summed E-state index contributed by atoms with van der Waals surface area (Å²) in [5.41, 5.74) is 3.34. The molecule has 0 saturated heterocycles. The van der Waals surface area contributed by atoms with Gasteiger partial charge < -0.3 is 14.7 Å². The van der Waals surface area contributed by atoms with Crippen LogP contribution in [0.3, 0.4) is 0 Å². The van der Waals surface area contributed by atoms with Gasteiger partial charge in [0.1, 0.15) is 5.75 Å². The second-order valence-electron chi connectivity index (χ2n) is 6.86. The van der Waals surface area contributed by atoms with E-state index in [1.54, 1.807) is 12.0 Å². The molecule has 0 radical (unpaired) electrons. The summed E-state index contributed by atoms with van der Waals surface area (Å²) in [7, 11) is 1.61. The van der Waals surface area contributed by atoms with Crippen molar-refractivity contribution in [1.29, 1.82) is 0 Å². The molecule has 1 aliphatic heterocycles. The minimum atomic E-state index is -0.385. The Balaban J connectivity index is 1.80. The molecule has 3 aromatic rings. The zero-order chi connectivity index (χ0) is 20.4. The predicted octanol–water partition coefficient (Wildman–Crippen LogP) is 5.51. The van der Waals surface area contributed by atoms with Crippen LogP contribution in [0.1, 0.15) is 22.7 Å². The van der Waals surface area contributed by atoms with E-state index in [4.69, 9.17) is 4.74 Å². The lowest BCUT2D eigenvalue weighted by molar-refractivity contribution is -0.130. The van der Waals surface area contributed by atoms with E-state index < -0.39 is 0 Å². The van der Waals surface area contributed by atoms with Crippen LogP contribution in [-0.2, 0) is 11.3 Å². The Kier molecular flexibility index (Phi) is 5.41. The molecule has 4 rings (SSSR count). The zero-order valence-corrected chi connectivity index (χ0v) is 17.5. The first-order chi connectivity index (χ1) is 14.1. The van der Waals surface area contributed by atoms with Gasteiger partial charge >= 0.3 is 0 Å². The molecule has 4 nitrogen and oxygen atoms in total. The molecule has 0 aliphatic carbocycles. The van der Waals surface area contributed by atoms with Crippen LogP contribution in [0.15, 0.2) is 89.1 Å². The summed E-state index contributed by atoms with van der Waals surface area (Å²) >= 11 is 3.47. The van der Waals surface area contributed by atoms with E-state index in [9.17, 15) is 9.90 Å². The first-order valence-electron chi connectivity index (χ1n) is 9.26. The number of aliphatic hydroxyl groups is 1. The number of hydrogen-bond acceptors (Lipinski definition) is 3. The molecule has 0 spiro atoms. The number of amides is 1. The number of aliphatic hydroxyl groups excluding tert-OH is 1. The Hall–Kier alpha value is -3.05. The third kappa shape index (κ3) is 3.78. The van der Waals surface area contributed by atoms with Crippen LogP contribution in [-0.4, -0.2) is 23.0 Å². The molecule has 146 valence electrons. The van der Waals surface area contributed by atoms with Gasteiger partial charge in [0, 0.05) is 16.6 Å². The predicted molar refractivity (Wildman–Crippen MR) is 116 cm³/mol. The fraction of sp³-hybridized carbons (Fsp3) is 0.125. The van der Waals surface area contributed by atoms with Crippen LogP contribution >= 0.6 is 15.9 Å². The first kappa shape index (κ1) is 19.3. The number of nitrogens with zero attached hydrogens (tertiary/aromatic N) is 1. The monoisotopic (exact) mass is 449 g/mol. The van der Waals surface area contributed by atoms with E-state index in [0.717, 1.165) is 26.9 Å². The second-order valence-corrected chi connectivity index (χ2v) is 7.78. The van der Waals surface area contributed by atoms with Crippen molar-refractivity contribution in [1.82, 2.24) is 4.90 Å². The maximum atomic E-state index is 13.1. The van der Waals surface area contributed by atoms with Crippen LogP contribution in [0.2, 0.25) is 0 Å². The molecule has 0 bridgehead atoms. The molecule has 3 aromatic carbocycles. The molecular weight excluding hydrogens is 430 g/mol. The summed E-state index contributed by atoms with van der Waals surface area (Å²) in [5, 5.41) is 10.8. The lowest BCUT2D eigenvalue weighted by Gasteiger charge is -2.27. The van der Waals surface area contributed by atoms with Gasteiger partial charge in [0.25, 0.3) is 5.91 Å². The van der Waals surface area contributed by atoms with E-state index in [1.807, 2.05) is 78.9 Å². The van der Waals surface area contributed by atoms with Crippen LogP contribution < -0.4 is 4.74 Å². The van der Waals surface area contributed by atoms with E-state index in [1.165, 1.54) is 0 Å². The van der Waals surface area contributed by atoms with E-state index in [0.29, 0.717) is 12.1 Å². The molecule has 0 unspecified atom stereocenters. The number of rotatable bonds is 5. The highest BCUT2D eigenvalue weighted by atomic mass is 79.9. The number of hydrogen-bond donors (Lipinski definition) is 1. The third-order valence-electron chi connectivity index (χ3n) is 5.09. The normalized spacial score (nSPS) is 16.4. The highest BCUT2D eigenvalue weighted by Gasteiger charge is 2.40. The fourth-order valence-electron chi connectivity index (χ4n) is 3.65. The molecule has 1 N–H and O–H groups in total. The third-order valence-corrected chi connectivity index (χ3v) is 5.61. The van der Waals surface area contributed by atoms with Gasteiger partial charge in [-0.3, -0.25) is 4.79 Å². The molecule has 0 aromatic heterocycles. The largest absolute Gasteiger partial charge is 0.503 e. The van der Waals surface area contributed by atoms with Crippen LogP contribution in [0, 0.1) is 0 Å². The number of methoxy groups -OCH3 is 1. The van der Waals surface area contributed by atoms with Crippen molar-refractivity contribution in [3.05, 3.63) is 106 Å². The molecule has 29 heavy (non-hydrogen) atoms. The van der Waals surface area contributed by atoms with Crippen LogP contribution in [0.5, 0.6) is 5.75 Å². The standard InChI is InChI=1S/C24H20BrNO3/c1-29-20-13-9-17(10-14-20)21-22(18-7-11-19(25)12-8-18)26(24(28)23(21)27)15-16-5-3-2-4-6-16/h2-14,22,27H,15H2,1H3/t22-/m1/s1. The van der Waals surface area contributed by atoms with Crippen molar-refractivity contribution in [2.75, 3.05) is 7.11 Å². The van der Waals surface area contributed by atoms with Gasteiger partial charge in [-0.2, -0.15) is 0 Å². The number of carbonyl (C=O) groups is 1. The Morgan fingerprint density at radius 1 is 0.966 bits per heavy atom. The quantitative estimate of drug-likeness (QED) is 0.558. The molecular formula is C24H20BrNO3. The number of benzene rings is 3. The van der Waals surface area contributed by atoms with Gasteiger partial charge in [-0.05, 0) is 41.0 Å². The smallest absolute Gasteiger partial charge is 0.290 e. The maximum absolute atomic E-state index is 13.1. The Morgan fingerprint density at radius 3 is 2.24 bits per heavy atom. The minimum Gasteiger partial charge on any atom is -0.503 e. The van der Waals surface area contributed by atoms with Gasteiger partial charge in [0.05, 0.1) is 13.2 Å². The van der Waals surface area contributed by atoms with Gasteiger partial charge in [-0.25, -0.2) is 0 Å². The fourth-order valence-corrected chi connectivity index (χ4v) is 3.92. The van der Waals surface area contributed by atoms with Crippen molar-refractivity contribution in [2.45, 2.75) is 12.6 Å². The van der Waals surface area contributed by atoms with Gasteiger partial charge in [-0.15, -0.1) is 0 Å². The lowest BCUT2D eigenvalue weighted by atomic mass is 9.93. The maximum Gasteiger partial charge on any atom is 0.290 e. The summed E-state index contributed by atoms with van der Waals surface area (Å²) in [6.45, 7) is 0.407. The van der Waals surface area contributed by atoms with Crippen LogP contribution in [0.25, 0.3) is 5.57 Å². The second kappa shape index (κ2) is 8.13. The summed E-state index contributed by atoms with van der Waals surface area (Å²) in [6.07, 6.45) is 0. The first-order valence-corrected chi connectivity index (χ1v) is 10.1. The molecule has 1 atom stereocenters. The number of halogens is 1. The SMILES string of the molecule is COc1ccc(C2=C(O)C(=O)N(Cc3ccccc3)[C@@H]2c2ccc(Br)cc2)cc1. The summed E-state index contributed by atoms with van der Waals surface area (Å²) in [4.78, 5) is 14.8. The topological polar surface area (TPSA) is 49.8 Å². The Bertz CT molecular complexity index is 1040. The Labute approximate surface area is 178 Å². The highest BCUT2D eigenvalue weighted by Crippen LogP contribution is 2.44. The summed E-state index contributed by atoms with van der Waals surface area (Å²) in [6, 6.07) is 24.7. The van der Waals surface area contributed by atoms with Crippen molar-refractivity contribution < 1.29 is 14.6 Å². The van der Waals surface area contributed by atoms with Gasteiger partial charge in [0.15, 0.2) is 5.76 Å². The van der Waals surface area contributed by atoms with Gasteiger partial charge in [-0.1, -0.05) is 70.5 Å². The van der Waals surface area contributed by atoms with Crippen molar-refractivity contribution in [3.63, 3.8) is 0 Å². The molecule has 0 saturated carbocycles. The molecule has 5 heteroatoms. The average molecular weight is 450 g/mol. The van der Waals surface area contributed by atoms with E-state index in [-0.39, 0.29) is 17.7 Å². The van der Waals surface area contributed by atoms with E-state index in [2.05, 4.69) is 15.9 Å². The highest BCUT2D eigenvalue weighted by molar-refractivity contribution is 9.10. The summed E-state index contributed by atoms with van der Waals surface area (Å²) < 4.78 is 6.20. The van der Waals surface area contributed by atoms with Crippen molar-refractivity contribution in [2.24, 2.45) is 0 Å².